The number of nitrogens with one attached hydrogen (secondary N) is 1. The first kappa shape index (κ1) is 16.0. The summed E-state index contributed by atoms with van der Waals surface area (Å²) >= 11 is 3.17. The molecule has 0 heterocycles. The highest BCUT2D eigenvalue weighted by Gasteiger charge is 2.11. The molecule has 21 heavy (non-hydrogen) atoms. The van der Waals surface area contributed by atoms with E-state index in [-0.39, 0.29) is 11.9 Å². The molecule has 1 N–H and O–H groups in total. The van der Waals surface area contributed by atoms with Crippen LogP contribution in [0.2, 0.25) is 0 Å². The smallest absolute Gasteiger partial charge is 0.137 e. The lowest BCUT2D eigenvalue weighted by Crippen LogP contribution is -2.19. The zero-order chi connectivity index (χ0) is 15.2. The van der Waals surface area contributed by atoms with E-state index in [4.69, 9.17) is 4.74 Å². The minimum Gasteiger partial charge on any atom is -0.457 e. The van der Waals surface area contributed by atoms with Gasteiger partial charge in [0.25, 0.3) is 0 Å². The van der Waals surface area contributed by atoms with E-state index in [1.54, 1.807) is 12.1 Å². The highest BCUT2D eigenvalue weighted by Crippen LogP contribution is 2.31. The van der Waals surface area contributed by atoms with Crippen molar-refractivity contribution in [2.45, 2.75) is 26.3 Å². The summed E-state index contributed by atoms with van der Waals surface area (Å²) in [5.74, 6) is 1.10. The van der Waals surface area contributed by atoms with Crippen LogP contribution >= 0.6 is 15.9 Å². The van der Waals surface area contributed by atoms with Gasteiger partial charge in [-0.1, -0.05) is 25.1 Å². The number of benzene rings is 2. The van der Waals surface area contributed by atoms with Crippen LogP contribution < -0.4 is 10.1 Å². The fourth-order valence-electron chi connectivity index (χ4n) is 2.07. The molecule has 0 bridgehead atoms. The van der Waals surface area contributed by atoms with Crippen LogP contribution in [0, 0.1) is 5.82 Å². The second kappa shape index (κ2) is 7.57. The van der Waals surface area contributed by atoms with Crippen molar-refractivity contribution < 1.29 is 9.13 Å². The van der Waals surface area contributed by atoms with Crippen LogP contribution in [-0.4, -0.2) is 6.54 Å². The number of hydrogen-bond donors (Lipinski definition) is 1. The minimum absolute atomic E-state index is 0.199. The largest absolute Gasteiger partial charge is 0.457 e. The molecule has 0 saturated heterocycles. The Kier molecular flexibility index (Phi) is 5.76. The van der Waals surface area contributed by atoms with Gasteiger partial charge in [0.1, 0.15) is 17.3 Å². The van der Waals surface area contributed by atoms with Crippen molar-refractivity contribution >= 4 is 15.9 Å². The van der Waals surface area contributed by atoms with Gasteiger partial charge in [0, 0.05) is 11.6 Å². The van der Waals surface area contributed by atoms with E-state index in [0.29, 0.717) is 10.2 Å². The molecule has 0 aliphatic heterocycles. The predicted octanol–water partition coefficient (Wildman–Crippen LogP) is 5.44. The summed E-state index contributed by atoms with van der Waals surface area (Å²) in [6.45, 7) is 5.20. The normalized spacial score (nSPS) is 12.2. The van der Waals surface area contributed by atoms with Crippen LogP contribution in [0.15, 0.2) is 46.9 Å². The zero-order valence-corrected chi connectivity index (χ0v) is 13.8. The summed E-state index contributed by atoms with van der Waals surface area (Å²) in [4.78, 5) is 0. The zero-order valence-electron chi connectivity index (χ0n) is 12.2. The van der Waals surface area contributed by atoms with Crippen molar-refractivity contribution in [3.63, 3.8) is 0 Å². The van der Waals surface area contributed by atoms with Gasteiger partial charge in [0.2, 0.25) is 0 Å². The van der Waals surface area contributed by atoms with E-state index < -0.39 is 0 Å². The van der Waals surface area contributed by atoms with Gasteiger partial charge in [0.15, 0.2) is 0 Å². The third-order valence-corrected chi connectivity index (χ3v) is 3.81. The first-order valence-corrected chi connectivity index (χ1v) is 7.86. The van der Waals surface area contributed by atoms with Gasteiger partial charge in [-0.3, -0.25) is 0 Å². The van der Waals surface area contributed by atoms with E-state index in [9.17, 15) is 4.39 Å². The van der Waals surface area contributed by atoms with Crippen LogP contribution in [0.3, 0.4) is 0 Å². The number of rotatable bonds is 6. The highest BCUT2D eigenvalue weighted by atomic mass is 79.9. The molecule has 2 aromatic rings. The first-order valence-electron chi connectivity index (χ1n) is 7.07. The van der Waals surface area contributed by atoms with E-state index in [1.807, 2.05) is 24.3 Å². The molecule has 1 unspecified atom stereocenters. The standard InChI is InChI=1S/C17H19BrFNO/c1-3-10-20-12(2)14-6-4-5-7-17(14)21-13-8-9-16(19)15(18)11-13/h4-9,11-12,20H,3,10H2,1-2H3. The van der Waals surface area contributed by atoms with Crippen molar-refractivity contribution in [3.05, 3.63) is 58.3 Å². The fourth-order valence-corrected chi connectivity index (χ4v) is 2.43. The first-order chi connectivity index (χ1) is 10.1. The maximum atomic E-state index is 13.3. The fraction of sp³-hybridized carbons (Fsp3) is 0.294. The van der Waals surface area contributed by atoms with E-state index in [0.717, 1.165) is 24.3 Å². The van der Waals surface area contributed by atoms with Crippen molar-refractivity contribution in [1.82, 2.24) is 5.32 Å². The molecule has 2 aromatic carbocycles. The molecule has 0 aliphatic carbocycles. The molecule has 112 valence electrons. The van der Waals surface area contributed by atoms with Gasteiger partial charge in [0.05, 0.1) is 4.47 Å². The summed E-state index contributed by atoms with van der Waals surface area (Å²) < 4.78 is 19.6. The van der Waals surface area contributed by atoms with Crippen molar-refractivity contribution in [2.24, 2.45) is 0 Å². The van der Waals surface area contributed by atoms with Gasteiger partial charge in [-0.15, -0.1) is 0 Å². The van der Waals surface area contributed by atoms with E-state index >= 15 is 0 Å². The second-order valence-corrected chi connectivity index (χ2v) is 5.75. The summed E-state index contributed by atoms with van der Waals surface area (Å²) in [6, 6.07) is 12.7. The van der Waals surface area contributed by atoms with Gasteiger partial charge in [-0.05, 0) is 60.1 Å². The number of ether oxygens (including phenoxy) is 1. The number of hydrogen-bond acceptors (Lipinski definition) is 2. The van der Waals surface area contributed by atoms with Gasteiger partial charge >= 0.3 is 0 Å². The third-order valence-electron chi connectivity index (χ3n) is 3.20. The lowest BCUT2D eigenvalue weighted by Gasteiger charge is -2.18. The molecule has 0 radical (unpaired) electrons. The molecule has 4 heteroatoms. The Bertz CT molecular complexity index is 603. The maximum Gasteiger partial charge on any atom is 0.137 e. The molecule has 1 atom stereocenters. The van der Waals surface area contributed by atoms with Crippen molar-refractivity contribution in [3.8, 4) is 11.5 Å². The monoisotopic (exact) mass is 351 g/mol. The molecule has 0 aromatic heterocycles. The average molecular weight is 352 g/mol. The molecule has 0 spiro atoms. The Morgan fingerprint density at radius 1 is 1.24 bits per heavy atom. The van der Waals surface area contributed by atoms with E-state index in [1.165, 1.54) is 6.07 Å². The number of para-hydroxylation sites is 1. The summed E-state index contributed by atoms with van der Waals surface area (Å²) in [5.41, 5.74) is 1.09. The summed E-state index contributed by atoms with van der Waals surface area (Å²) in [6.07, 6.45) is 1.08. The topological polar surface area (TPSA) is 21.3 Å². The Labute approximate surface area is 133 Å². The highest BCUT2D eigenvalue weighted by molar-refractivity contribution is 9.10. The second-order valence-electron chi connectivity index (χ2n) is 4.89. The van der Waals surface area contributed by atoms with Crippen LogP contribution in [-0.2, 0) is 0 Å². The maximum absolute atomic E-state index is 13.3. The van der Waals surface area contributed by atoms with Crippen LogP contribution in [0.1, 0.15) is 31.9 Å². The molecule has 0 aliphatic rings. The third kappa shape index (κ3) is 4.29. The number of halogens is 2. The van der Waals surface area contributed by atoms with Gasteiger partial charge < -0.3 is 10.1 Å². The Morgan fingerprint density at radius 3 is 2.71 bits per heavy atom. The lowest BCUT2D eigenvalue weighted by molar-refractivity contribution is 0.459. The minimum atomic E-state index is -0.298. The Morgan fingerprint density at radius 2 is 2.00 bits per heavy atom. The Balaban J connectivity index is 2.21. The lowest BCUT2D eigenvalue weighted by atomic mass is 10.1. The molecule has 2 rings (SSSR count). The molecular weight excluding hydrogens is 333 g/mol. The molecule has 0 fully saturated rings. The quantitative estimate of drug-likeness (QED) is 0.747. The summed E-state index contributed by atoms with van der Waals surface area (Å²) in [7, 11) is 0. The van der Waals surface area contributed by atoms with Gasteiger partial charge in [-0.2, -0.15) is 0 Å². The van der Waals surface area contributed by atoms with Crippen LogP contribution in [0.4, 0.5) is 4.39 Å². The predicted molar refractivity (Wildman–Crippen MR) is 87.3 cm³/mol. The molecule has 2 nitrogen and oxygen atoms in total. The van der Waals surface area contributed by atoms with Gasteiger partial charge in [-0.25, -0.2) is 4.39 Å². The molecular formula is C17H19BrFNO. The van der Waals surface area contributed by atoms with Crippen molar-refractivity contribution in [1.29, 1.82) is 0 Å². The van der Waals surface area contributed by atoms with Crippen LogP contribution in [0.5, 0.6) is 11.5 Å². The molecule has 0 amide bonds. The molecule has 0 saturated carbocycles. The Hall–Kier alpha value is -1.39. The average Bonchev–Trinajstić information content (AvgIpc) is 2.49. The summed E-state index contributed by atoms with van der Waals surface area (Å²) in [5, 5.41) is 3.45. The van der Waals surface area contributed by atoms with Crippen LogP contribution in [0.25, 0.3) is 0 Å². The van der Waals surface area contributed by atoms with Crippen molar-refractivity contribution in [2.75, 3.05) is 6.54 Å². The van der Waals surface area contributed by atoms with E-state index in [2.05, 4.69) is 35.1 Å². The SMILES string of the molecule is CCCNC(C)c1ccccc1Oc1ccc(F)c(Br)c1.